The number of allylic oxidation sites excluding steroid dienone is 4. The van der Waals surface area contributed by atoms with E-state index < -0.39 is 10.0 Å². The van der Waals surface area contributed by atoms with E-state index in [1.54, 1.807) is 0 Å². The summed E-state index contributed by atoms with van der Waals surface area (Å²) in [7, 11) is -0.873. The minimum absolute atomic E-state index is 0.224. The Morgan fingerprint density at radius 3 is 1.94 bits per heavy atom. The number of hydrogen-bond donors (Lipinski definition) is 0. The van der Waals surface area contributed by atoms with Gasteiger partial charge in [-0.2, -0.15) is 0 Å². The van der Waals surface area contributed by atoms with Crippen LogP contribution in [0.2, 0.25) is 0 Å². The highest BCUT2D eigenvalue weighted by molar-refractivity contribution is 8.35. The van der Waals surface area contributed by atoms with Gasteiger partial charge in [0.1, 0.15) is 0 Å². The van der Waals surface area contributed by atoms with Crippen LogP contribution in [0.15, 0.2) is 23.1 Å². The Balaban J connectivity index is 0.000000771. The minimum atomic E-state index is -0.873. The van der Waals surface area contributed by atoms with Crippen molar-refractivity contribution in [1.29, 1.82) is 0 Å². The van der Waals surface area contributed by atoms with E-state index in [1.165, 1.54) is 0 Å². The Labute approximate surface area is 114 Å². The Bertz CT molecular complexity index is 373. The number of rotatable bonds is 1. The van der Waals surface area contributed by atoms with Crippen molar-refractivity contribution in [2.75, 3.05) is 18.8 Å². The van der Waals surface area contributed by atoms with Crippen LogP contribution >= 0.6 is 10.0 Å². The van der Waals surface area contributed by atoms with E-state index in [1.807, 2.05) is 13.8 Å². The first kappa shape index (κ1) is 15.6. The summed E-state index contributed by atoms with van der Waals surface area (Å²) in [6.07, 6.45) is 13.4. The Morgan fingerprint density at radius 1 is 1.00 bits per heavy atom. The second-order valence-corrected chi connectivity index (χ2v) is 10.1. The lowest BCUT2D eigenvalue weighted by molar-refractivity contribution is -0.120. The van der Waals surface area contributed by atoms with E-state index in [9.17, 15) is 4.79 Å². The van der Waals surface area contributed by atoms with Crippen molar-refractivity contribution in [3.63, 3.8) is 0 Å². The highest BCUT2D eigenvalue weighted by Gasteiger charge is 2.44. The zero-order chi connectivity index (χ0) is 14.1. The monoisotopic (exact) mass is 268 g/mol. The van der Waals surface area contributed by atoms with Crippen LogP contribution < -0.4 is 0 Å². The fourth-order valence-electron chi connectivity index (χ4n) is 2.87. The van der Waals surface area contributed by atoms with Crippen molar-refractivity contribution >= 4 is 15.8 Å². The number of fused-ring (bicyclic) bond motifs is 1. The van der Waals surface area contributed by atoms with Crippen LogP contribution in [0.3, 0.4) is 0 Å². The maximum atomic E-state index is 12.5. The first-order valence-corrected chi connectivity index (χ1v) is 9.81. The summed E-state index contributed by atoms with van der Waals surface area (Å²) in [5, 5.41) is 0. The fourth-order valence-corrected chi connectivity index (χ4v) is 4.18. The molecule has 104 valence electrons. The quantitative estimate of drug-likeness (QED) is 0.650. The summed E-state index contributed by atoms with van der Waals surface area (Å²) in [5.74, 6) is 2.03. The number of carbonyl (C=O) groups excluding carboxylic acids is 1. The van der Waals surface area contributed by atoms with Crippen molar-refractivity contribution in [2.45, 2.75) is 27.7 Å². The summed E-state index contributed by atoms with van der Waals surface area (Å²) >= 11 is 0. The predicted molar refractivity (Wildman–Crippen MR) is 84.2 cm³/mol. The first-order valence-electron chi connectivity index (χ1n) is 6.95. The van der Waals surface area contributed by atoms with Gasteiger partial charge in [-0.3, -0.25) is 4.79 Å². The Kier molecular flexibility index (Phi) is 4.88. The summed E-state index contributed by atoms with van der Waals surface area (Å²) in [5.41, 5.74) is 0. The average Bonchev–Trinajstić information content (AvgIpc) is 2.66. The van der Waals surface area contributed by atoms with E-state index >= 15 is 0 Å². The van der Waals surface area contributed by atoms with E-state index in [0.717, 1.165) is 4.91 Å². The van der Waals surface area contributed by atoms with Gasteiger partial charge in [0.25, 0.3) is 0 Å². The topological polar surface area (TPSA) is 17.1 Å². The van der Waals surface area contributed by atoms with Crippen LogP contribution in [-0.2, 0) is 4.79 Å². The van der Waals surface area contributed by atoms with Crippen LogP contribution in [-0.4, -0.2) is 24.6 Å². The van der Waals surface area contributed by atoms with Gasteiger partial charge in [0, 0.05) is 10.8 Å². The maximum Gasteiger partial charge on any atom is 0.171 e. The molecular formula is C16H28OS. The van der Waals surface area contributed by atoms with Crippen molar-refractivity contribution in [3.05, 3.63) is 23.1 Å². The van der Waals surface area contributed by atoms with Crippen LogP contribution in [0.25, 0.3) is 0 Å². The molecule has 0 aliphatic heterocycles. The molecule has 2 unspecified atom stereocenters. The number of hydrogen-bond acceptors (Lipinski definition) is 1. The molecular weight excluding hydrogens is 240 g/mol. The molecule has 0 amide bonds. The fraction of sp³-hybridized carbons (Fsp3) is 0.688. The third-order valence-corrected chi connectivity index (χ3v) is 5.51. The maximum absolute atomic E-state index is 12.5. The van der Waals surface area contributed by atoms with Crippen molar-refractivity contribution in [1.82, 2.24) is 0 Å². The summed E-state index contributed by atoms with van der Waals surface area (Å²) < 4.78 is 0. The minimum Gasteiger partial charge on any atom is -0.293 e. The first-order chi connectivity index (χ1) is 8.32. The molecule has 0 bridgehead atoms. The SMILES string of the molecule is CC.CC1C=CC(C)[C@@H]2C(=O)C(S(C)(C)C)=C[C@H]12. The molecule has 0 N–H and O–H groups in total. The van der Waals surface area contributed by atoms with Gasteiger partial charge in [-0.15, -0.1) is 0 Å². The van der Waals surface area contributed by atoms with Crippen LogP contribution in [0.1, 0.15) is 27.7 Å². The molecule has 0 spiro atoms. The number of Topliss-reactive ketones (excluding diaryl/α,β-unsaturated/α-hetero) is 1. The van der Waals surface area contributed by atoms with E-state index in [0.29, 0.717) is 23.5 Å². The van der Waals surface area contributed by atoms with Crippen LogP contribution in [0.4, 0.5) is 0 Å². The molecule has 0 saturated carbocycles. The molecule has 0 aromatic rings. The molecule has 2 aliphatic rings. The van der Waals surface area contributed by atoms with Gasteiger partial charge in [0.2, 0.25) is 0 Å². The van der Waals surface area contributed by atoms with Crippen molar-refractivity contribution < 1.29 is 4.79 Å². The van der Waals surface area contributed by atoms with Gasteiger partial charge in [0.05, 0.1) is 0 Å². The molecule has 2 aliphatic carbocycles. The van der Waals surface area contributed by atoms with Gasteiger partial charge < -0.3 is 0 Å². The lowest BCUT2D eigenvalue weighted by Gasteiger charge is -2.31. The zero-order valence-electron chi connectivity index (χ0n) is 12.9. The normalized spacial score (nSPS) is 35.5. The van der Waals surface area contributed by atoms with E-state index in [4.69, 9.17) is 0 Å². The molecule has 0 fully saturated rings. The second-order valence-electron chi connectivity index (χ2n) is 5.94. The molecule has 18 heavy (non-hydrogen) atoms. The lowest BCUT2D eigenvalue weighted by atomic mass is 9.73. The molecule has 0 aromatic carbocycles. The molecule has 2 heteroatoms. The molecule has 0 aromatic heterocycles. The zero-order valence-corrected chi connectivity index (χ0v) is 13.7. The summed E-state index contributed by atoms with van der Waals surface area (Å²) in [6, 6.07) is 0. The average molecular weight is 268 g/mol. The molecule has 0 saturated heterocycles. The number of ketones is 1. The summed E-state index contributed by atoms with van der Waals surface area (Å²) in [4.78, 5) is 13.6. The van der Waals surface area contributed by atoms with E-state index in [2.05, 4.69) is 50.8 Å². The van der Waals surface area contributed by atoms with Gasteiger partial charge in [-0.1, -0.05) is 45.9 Å². The third-order valence-electron chi connectivity index (χ3n) is 3.86. The van der Waals surface area contributed by atoms with Gasteiger partial charge in [0.15, 0.2) is 5.78 Å². The Morgan fingerprint density at radius 2 is 1.50 bits per heavy atom. The molecule has 1 nitrogen and oxygen atoms in total. The van der Waals surface area contributed by atoms with Crippen molar-refractivity contribution in [3.8, 4) is 0 Å². The molecule has 0 radical (unpaired) electrons. The highest BCUT2D eigenvalue weighted by atomic mass is 32.3. The smallest absolute Gasteiger partial charge is 0.171 e. The second kappa shape index (κ2) is 5.64. The molecule has 0 heterocycles. The largest absolute Gasteiger partial charge is 0.293 e. The third kappa shape index (κ3) is 2.74. The number of carbonyl (C=O) groups is 1. The van der Waals surface area contributed by atoms with Gasteiger partial charge >= 0.3 is 0 Å². The molecule has 4 atom stereocenters. The molecule has 2 rings (SSSR count). The van der Waals surface area contributed by atoms with Gasteiger partial charge in [-0.05, 0) is 36.5 Å². The van der Waals surface area contributed by atoms with Gasteiger partial charge in [-0.25, -0.2) is 10.0 Å². The van der Waals surface area contributed by atoms with Crippen molar-refractivity contribution in [2.24, 2.45) is 23.7 Å². The van der Waals surface area contributed by atoms with E-state index in [-0.39, 0.29) is 5.92 Å². The van der Waals surface area contributed by atoms with Crippen LogP contribution in [0, 0.1) is 23.7 Å². The van der Waals surface area contributed by atoms with Crippen LogP contribution in [0.5, 0.6) is 0 Å². The Hall–Kier alpha value is -0.500. The summed E-state index contributed by atoms with van der Waals surface area (Å²) in [6.45, 7) is 8.40. The lowest BCUT2D eigenvalue weighted by Crippen LogP contribution is -2.30. The highest BCUT2D eigenvalue weighted by Crippen LogP contribution is 2.54. The predicted octanol–water partition coefficient (Wildman–Crippen LogP) is 4.25. The standard InChI is InChI=1S/C14H22OS.C2H6/c1-9-6-7-10(2)13-11(9)8-12(14(13)15)16(3,4)5;1-2/h6-11,13H,1-5H3;1-2H3/t9?,10?,11-,13+;/m1./s1.